The summed E-state index contributed by atoms with van der Waals surface area (Å²) in [7, 11) is 1.64. The first-order valence-electron chi connectivity index (χ1n) is 41.9. The molecule has 10 aromatic carbocycles. The predicted octanol–water partition coefficient (Wildman–Crippen LogP) is 25.1. The summed E-state index contributed by atoms with van der Waals surface area (Å²) in [5.41, 5.74) is 16.3. The molecule has 14 aromatic rings. The van der Waals surface area contributed by atoms with Gasteiger partial charge in [-0.1, -0.05) is 152 Å². The van der Waals surface area contributed by atoms with Crippen molar-refractivity contribution in [2.75, 3.05) is 79.5 Å². The highest BCUT2D eigenvalue weighted by Crippen LogP contribution is 2.46. The van der Waals surface area contributed by atoms with E-state index >= 15 is 0 Å². The lowest BCUT2D eigenvalue weighted by atomic mass is 9.92. The molecule has 0 saturated heterocycles. The number of aromatic nitrogens is 4. The molecule has 20 nitrogen and oxygen atoms in total. The number of carbonyl (C=O) groups is 4. The molecule has 0 spiro atoms. The van der Waals surface area contributed by atoms with Crippen LogP contribution in [0.3, 0.4) is 0 Å². The van der Waals surface area contributed by atoms with Crippen molar-refractivity contribution in [3.05, 3.63) is 339 Å². The van der Waals surface area contributed by atoms with Crippen LogP contribution < -0.4 is 18.9 Å². The number of rotatable bonds is 19. The van der Waals surface area contributed by atoms with E-state index in [1.165, 1.54) is 58.0 Å². The fourth-order valence-electron chi connectivity index (χ4n) is 16.7. The van der Waals surface area contributed by atoms with E-state index in [9.17, 15) is 36.7 Å². The Kier molecular flexibility index (Phi) is 29.2. The van der Waals surface area contributed by atoms with Gasteiger partial charge in [-0.3, -0.25) is 19.6 Å². The summed E-state index contributed by atoms with van der Waals surface area (Å²) in [6.07, 6.45) is -0.862. The number of nitrogens with one attached hydrogen (secondary N) is 4. The lowest BCUT2D eigenvalue weighted by Crippen LogP contribution is -2.42. The van der Waals surface area contributed by atoms with Crippen LogP contribution in [-0.2, 0) is 50.8 Å². The molecule has 0 saturated carbocycles. The van der Waals surface area contributed by atoms with Crippen LogP contribution in [0.15, 0.2) is 240 Å². The summed E-state index contributed by atoms with van der Waals surface area (Å²) in [5.74, 6) is 1.78. The molecule has 0 radical (unpaired) electrons. The average Bonchev–Trinajstić information content (AvgIpc) is 1.63. The molecular weight excluding hydrogens is 1840 g/mol. The quantitative estimate of drug-likeness (QED) is 0.0338. The van der Waals surface area contributed by atoms with E-state index in [-0.39, 0.29) is 36.1 Å². The Morgan fingerprint density at radius 2 is 0.797 bits per heavy atom. The second-order valence-electron chi connectivity index (χ2n) is 30.9. The van der Waals surface area contributed by atoms with Crippen molar-refractivity contribution in [3.8, 4) is 23.0 Å². The van der Waals surface area contributed by atoms with Crippen molar-refractivity contribution < 1.29 is 74.6 Å². The molecule has 18 rings (SSSR count). The molecule has 4 aliphatic heterocycles. The average molecular weight is 1930 g/mol. The first-order chi connectivity index (χ1) is 61.9. The number of ether oxygens (including phenoxy) is 8. The van der Waals surface area contributed by atoms with Gasteiger partial charge in [0, 0.05) is 124 Å². The van der Waals surface area contributed by atoms with Crippen LogP contribution in [0.4, 0.5) is 36.7 Å². The minimum Gasteiger partial charge on any atom is -0.491 e. The molecule has 4 unspecified atom stereocenters. The molecular formula is C99H91Br2Cl3F4N8O12. The van der Waals surface area contributed by atoms with E-state index in [0.717, 1.165) is 146 Å². The molecule has 4 aliphatic rings. The molecule has 29 heteroatoms. The number of H-pyrrole nitrogens is 4. The third-order valence-corrected chi connectivity index (χ3v) is 24.4. The fourth-order valence-corrected chi connectivity index (χ4v) is 17.9. The summed E-state index contributed by atoms with van der Waals surface area (Å²) in [4.78, 5) is 72.9. The SMILES string of the molecule is C=CCOc1ccc(C2c3[nH]c4ccc(Cl)cc4c3CCN2C(=O)OCCC)cc1.CCOC(=O)N1CCc2c([nH]c3ccc(Cl)cc23)C1c1ccc(OCCOCCOC)cc1.Cc1ccc(C2c3[nH]c4ccc(Br)cc4c3CCN2C(=O)Oc2ccc(F)cc2)cc1.O=C(Oc1ccc(Cl)cc1)N1CCc2c([nH]c3ccc(Br)cc23)C1c1ccc(C(F)(F)F)cc1. The second-order valence-corrected chi connectivity index (χ2v) is 34.0. The van der Waals surface area contributed by atoms with Gasteiger partial charge < -0.3 is 57.8 Å². The van der Waals surface area contributed by atoms with Crippen molar-refractivity contribution in [1.82, 2.24) is 39.5 Å². The molecule has 0 aliphatic carbocycles. The Balaban J connectivity index is 0.000000131. The van der Waals surface area contributed by atoms with Crippen LogP contribution in [0.25, 0.3) is 43.6 Å². The second kappa shape index (κ2) is 41.1. The van der Waals surface area contributed by atoms with Gasteiger partial charge in [-0.05, 0) is 248 Å². The third-order valence-electron chi connectivity index (χ3n) is 22.7. The number of hydrogen-bond donors (Lipinski definition) is 4. The summed E-state index contributed by atoms with van der Waals surface area (Å²) in [6.45, 7) is 14.8. The van der Waals surface area contributed by atoms with Crippen LogP contribution >= 0.6 is 66.7 Å². The van der Waals surface area contributed by atoms with Gasteiger partial charge in [0.15, 0.2) is 0 Å². The standard InChI is InChI=1S/C25H17BrClF3N2O2.C25H20BrFN2O2.C25H29ClN2O5.C24H25ClN2O3/c26-16-5-10-21-20(13-16)19-11-12-32(24(33)34-18-8-6-17(27)7-9-18)23(22(19)31-21)14-1-3-15(4-2-14)25(28,29)30;1-15-2-4-16(5-3-15)24-23-20(21-14-17(26)6-11-22(21)28-23)12-13-29(24)25(30)31-19-9-7-18(27)8-10-19;1-3-32-25(29)28-11-10-20-21-16-18(26)6-9-22(21)27-23(20)24(28)17-4-7-19(8-5-17)33-15-14-31-13-12-30-2;1-3-13-29-18-8-5-16(6-9-18)23-22-19(11-12-27(23)24(28)30-14-4-2)20-15-17(25)7-10-21(20)26-22/h1-10,13,23,31H,11-12H2;2-11,14,24,28H,12-13H2,1H3;4-9,16,24,27H,3,10-15H2,1-2H3;3,5-10,15,23,26H,1,4,11-14H2,2H3. The lowest BCUT2D eigenvalue weighted by molar-refractivity contribution is -0.137. The highest BCUT2D eigenvalue weighted by atomic mass is 79.9. The number of methoxy groups -OCH3 is 1. The number of nitrogens with zero attached hydrogens (tertiary/aromatic N) is 4. The Labute approximate surface area is 768 Å². The Morgan fingerprint density at radius 3 is 1.20 bits per heavy atom. The van der Waals surface area contributed by atoms with E-state index in [0.29, 0.717) is 117 Å². The molecule has 662 valence electrons. The zero-order chi connectivity index (χ0) is 89.9. The Morgan fingerprint density at radius 1 is 0.438 bits per heavy atom. The summed E-state index contributed by atoms with van der Waals surface area (Å²) in [6, 6.07) is 62.8. The number of amides is 4. The van der Waals surface area contributed by atoms with Crippen LogP contribution in [0.5, 0.6) is 23.0 Å². The van der Waals surface area contributed by atoms with Crippen molar-refractivity contribution in [3.63, 3.8) is 0 Å². The van der Waals surface area contributed by atoms with E-state index in [4.69, 9.17) is 72.7 Å². The fraction of sp³-hybridized carbons (Fsp3) is 0.253. The number of alkyl halides is 3. The van der Waals surface area contributed by atoms with Crippen molar-refractivity contribution in [2.24, 2.45) is 0 Å². The van der Waals surface area contributed by atoms with E-state index in [1.54, 1.807) is 52.2 Å². The summed E-state index contributed by atoms with van der Waals surface area (Å²) >= 11 is 25.5. The number of fused-ring (bicyclic) bond motifs is 12. The minimum absolute atomic E-state index is 0.266. The maximum absolute atomic E-state index is 13.2. The Bertz CT molecular complexity index is 6300. The van der Waals surface area contributed by atoms with Gasteiger partial charge in [-0.15, -0.1) is 0 Å². The van der Waals surface area contributed by atoms with Gasteiger partial charge in [0.2, 0.25) is 0 Å². The Hall–Kier alpha value is -11.8. The maximum atomic E-state index is 13.2. The topological polar surface area (TPSA) is 218 Å². The van der Waals surface area contributed by atoms with Gasteiger partial charge in [0.1, 0.15) is 66.2 Å². The van der Waals surface area contributed by atoms with Gasteiger partial charge in [0.25, 0.3) is 0 Å². The molecule has 8 heterocycles. The van der Waals surface area contributed by atoms with Crippen molar-refractivity contribution in [1.29, 1.82) is 0 Å². The maximum Gasteiger partial charge on any atom is 0.416 e. The first-order valence-corrected chi connectivity index (χ1v) is 44.6. The predicted molar refractivity (Wildman–Crippen MR) is 496 cm³/mol. The largest absolute Gasteiger partial charge is 0.491 e. The number of carbonyl (C=O) groups excluding carboxylic acids is 4. The van der Waals surface area contributed by atoms with Crippen LogP contribution in [-0.4, -0.2) is 143 Å². The van der Waals surface area contributed by atoms with Crippen LogP contribution in [0.2, 0.25) is 15.1 Å². The zero-order valence-corrected chi connectivity index (χ0v) is 75.7. The van der Waals surface area contributed by atoms with Crippen molar-refractivity contribution >= 4 is 135 Å². The molecule has 0 bridgehead atoms. The molecule has 128 heavy (non-hydrogen) atoms. The minimum atomic E-state index is -4.45. The number of benzene rings is 10. The lowest BCUT2D eigenvalue weighted by Gasteiger charge is -2.35. The molecule has 4 aromatic heterocycles. The number of aryl methyl sites for hydroxylation is 1. The molecule has 4 N–H and O–H groups in total. The first kappa shape index (κ1) is 91.0. The van der Waals surface area contributed by atoms with Crippen LogP contribution in [0.1, 0.15) is 123 Å². The van der Waals surface area contributed by atoms with Gasteiger partial charge >= 0.3 is 30.5 Å². The van der Waals surface area contributed by atoms with E-state index < -0.39 is 30.0 Å². The molecule has 0 fully saturated rings. The van der Waals surface area contributed by atoms with Crippen molar-refractivity contribution in [2.45, 2.75) is 83.2 Å². The van der Waals surface area contributed by atoms with Gasteiger partial charge in [-0.2, -0.15) is 13.2 Å². The number of aromatic amines is 4. The molecule has 4 atom stereocenters. The third kappa shape index (κ3) is 20.8. The highest BCUT2D eigenvalue weighted by molar-refractivity contribution is 9.10. The normalized spacial score (nSPS) is 15.7. The smallest absolute Gasteiger partial charge is 0.416 e. The number of halogens is 9. The monoisotopic (exact) mass is 1920 g/mol. The summed E-state index contributed by atoms with van der Waals surface area (Å²) < 4.78 is 98.4. The number of hydrogen-bond acceptors (Lipinski definition) is 12. The zero-order valence-electron chi connectivity index (χ0n) is 70.3. The van der Waals surface area contributed by atoms with Gasteiger partial charge in [-0.25, -0.2) is 23.6 Å². The van der Waals surface area contributed by atoms with Gasteiger partial charge in [0.05, 0.1) is 38.6 Å². The highest BCUT2D eigenvalue weighted by Gasteiger charge is 2.41. The molecule has 4 amide bonds. The summed E-state index contributed by atoms with van der Waals surface area (Å²) in [5, 5.41) is 6.28. The van der Waals surface area contributed by atoms with E-state index in [2.05, 4.69) is 76.6 Å². The van der Waals surface area contributed by atoms with E-state index in [1.807, 2.05) is 148 Å². The van der Waals surface area contributed by atoms with Crippen LogP contribution in [0, 0.1) is 12.7 Å².